The van der Waals surface area contributed by atoms with Gasteiger partial charge in [-0.25, -0.2) is 8.42 Å². The number of halogens is 1. The summed E-state index contributed by atoms with van der Waals surface area (Å²) in [6, 6.07) is 9.40. The molecule has 5 nitrogen and oxygen atoms in total. The maximum atomic E-state index is 12.5. The van der Waals surface area contributed by atoms with Gasteiger partial charge < -0.3 is 0 Å². The van der Waals surface area contributed by atoms with Crippen LogP contribution in [0.25, 0.3) is 0 Å². The number of aryl methyl sites for hydroxylation is 1. The molecule has 0 aliphatic rings. The van der Waals surface area contributed by atoms with E-state index in [1.54, 1.807) is 6.92 Å². The maximum absolute atomic E-state index is 12.5. The first kappa shape index (κ1) is 15.0. The number of rotatable bonds is 5. The number of sulfonamides is 1. The molecule has 2 aromatic rings. The number of alkyl halides is 1. The summed E-state index contributed by atoms with van der Waals surface area (Å²) in [6.07, 6.45) is 0. The van der Waals surface area contributed by atoms with Gasteiger partial charge in [0, 0.05) is 24.8 Å². The first-order valence-electron chi connectivity index (χ1n) is 6.07. The van der Waals surface area contributed by atoms with E-state index in [1.807, 2.05) is 30.3 Å². The van der Waals surface area contributed by atoms with Crippen LogP contribution in [-0.4, -0.2) is 30.0 Å². The van der Waals surface area contributed by atoms with E-state index >= 15 is 0 Å². The van der Waals surface area contributed by atoms with Gasteiger partial charge in [0.25, 0.3) is 10.0 Å². The zero-order valence-corrected chi connectivity index (χ0v) is 12.9. The summed E-state index contributed by atoms with van der Waals surface area (Å²) < 4.78 is 26.3. The molecule has 0 saturated heterocycles. The summed E-state index contributed by atoms with van der Waals surface area (Å²) in [5.74, 6) is 0.107. The SMILES string of the molecule is Cc1[nH]nc(S(=O)(=O)N(C)Cc2ccccc2)c1CCl. The van der Waals surface area contributed by atoms with Crippen molar-refractivity contribution < 1.29 is 8.42 Å². The number of aromatic amines is 1. The first-order chi connectivity index (χ1) is 9.46. The van der Waals surface area contributed by atoms with Crippen molar-refractivity contribution >= 4 is 21.6 Å². The topological polar surface area (TPSA) is 66.1 Å². The van der Waals surface area contributed by atoms with E-state index in [0.717, 1.165) is 5.56 Å². The monoisotopic (exact) mass is 313 g/mol. The van der Waals surface area contributed by atoms with Crippen molar-refractivity contribution in [2.24, 2.45) is 0 Å². The average molecular weight is 314 g/mol. The third-order valence-electron chi connectivity index (χ3n) is 3.07. The van der Waals surface area contributed by atoms with Gasteiger partial charge in [-0.1, -0.05) is 30.3 Å². The Kier molecular flexibility index (Phi) is 4.47. The molecular formula is C13H16ClN3O2S. The van der Waals surface area contributed by atoms with Crippen LogP contribution in [-0.2, 0) is 22.4 Å². The molecule has 20 heavy (non-hydrogen) atoms. The normalized spacial score (nSPS) is 12.0. The summed E-state index contributed by atoms with van der Waals surface area (Å²) in [6.45, 7) is 2.04. The molecule has 0 spiro atoms. The predicted octanol–water partition coefficient (Wildman–Crippen LogP) is 2.28. The van der Waals surface area contributed by atoms with E-state index < -0.39 is 10.0 Å². The van der Waals surface area contributed by atoms with Crippen molar-refractivity contribution in [3.05, 3.63) is 47.2 Å². The van der Waals surface area contributed by atoms with Gasteiger partial charge in [-0.2, -0.15) is 9.40 Å². The second-order valence-electron chi connectivity index (χ2n) is 4.51. The summed E-state index contributed by atoms with van der Waals surface area (Å²) >= 11 is 5.81. The number of hydrogen-bond donors (Lipinski definition) is 1. The molecule has 0 unspecified atom stereocenters. The zero-order chi connectivity index (χ0) is 14.8. The molecule has 0 amide bonds. The molecule has 0 fully saturated rings. The van der Waals surface area contributed by atoms with Crippen LogP contribution in [0.15, 0.2) is 35.4 Å². The molecule has 0 aliphatic heterocycles. The van der Waals surface area contributed by atoms with Crippen molar-refractivity contribution in [3.63, 3.8) is 0 Å². The van der Waals surface area contributed by atoms with E-state index in [2.05, 4.69) is 10.2 Å². The Bertz CT molecular complexity index is 683. The molecule has 0 radical (unpaired) electrons. The lowest BCUT2D eigenvalue weighted by Crippen LogP contribution is -2.27. The van der Waals surface area contributed by atoms with Crippen LogP contribution in [0.4, 0.5) is 0 Å². The minimum atomic E-state index is -3.65. The van der Waals surface area contributed by atoms with Gasteiger partial charge >= 0.3 is 0 Å². The lowest BCUT2D eigenvalue weighted by atomic mass is 10.2. The number of H-pyrrole nitrogens is 1. The molecule has 0 bridgehead atoms. The van der Waals surface area contributed by atoms with Gasteiger partial charge in [0.2, 0.25) is 0 Å². The molecule has 2 rings (SSSR count). The van der Waals surface area contributed by atoms with Crippen LogP contribution in [0, 0.1) is 6.92 Å². The number of hydrogen-bond acceptors (Lipinski definition) is 3. The largest absolute Gasteiger partial charge is 0.281 e. The van der Waals surface area contributed by atoms with E-state index in [4.69, 9.17) is 11.6 Å². The Hall–Kier alpha value is -1.37. The van der Waals surface area contributed by atoms with Crippen molar-refractivity contribution in [2.45, 2.75) is 24.4 Å². The van der Waals surface area contributed by atoms with Gasteiger partial charge in [0.1, 0.15) is 0 Å². The fourth-order valence-electron chi connectivity index (χ4n) is 1.87. The summed E-state index contributed by atoms with van der Waals surface area (Å²) in [7, 11) is -2.12. The van der Waals surface area contributed by atoms with Crippen molar-refractivity contribution in [1.29, 1.82) is 0 Å². The highest BCUT2D eigenvalue weighted by Gasteiger charge is 2.27. The molecule has 0 atom stereocenters. The molecule has 0 saturated carbocycles. The minimum absolute atomic E-state index is 0.00318. The summed E-state index contributed by atoms with van der Waals surface area (Å²) in [5.41, 5.74) is 2.11. The van der Waals surface area contributed by atoms with E-state index in [1.165, 1.54) is 11.4 Å². The Morgan fingerprint density at radius 2 is 1.95 bits per heavy atom. The van der Waals surface area contributed by atoms with Crippen molar-refractivity contribution in [3.8, 4) is 0 Å². The second-order valence-corrected chi connectivity index (χ2v) is 6.74. The van der Waals surface area contributed by atoms with Gasteiger partial charge in [-0.15, -0.1) is 11.6 Å². The first-order valence-corrected chi connectivity index (χ1v) is 8.04. The highest BCUT2D eigenvalue weighted by molar-refractivity contribution is 7.89. The fraction of sp³-hybridized carbons (Fsp3) is 0.308. The smallest absolute Gasteiger partial charge is 0.262 e. The third kappa shape index (κ3) is 2.87. The number of benzene rings is 1. The Morgan fingerprint density at radius 3 is 2.55 bits per heavy atom. The standard InChI is InChI=1S/C13H16ClN3O2S/c1-10-12(8-14)13(16-15-10)20(18,19)17(2)9-11-6-4-3-5-7-11/h3-7H,8-9H2,1-2H3,(H,15,16). The quantitative estimate of drug-likeness (QED) is 0.861. The highest BCUT2D eigenvalue weighted by atomic mass is 35.5. The molecule has 0 aliphatic carbocycles. The minimum Gasteiger partial charge on any atom is -0.281 e. The molecule has 1 aromatic heterocycles. The van der Waals surface area contributed by atoms with Gasteiger partial charge in [0.05, 0.1) is 5.88 Å². The van der Waals surface area contributed by atoms with Gasteiger partial charge in [-0.05, 0) is 12.5 Å². The molecule has 1 heterocycles. The number of nitrogens with zero attached hydrogens (tertiary/aromatic N) is 2. The van der Waals surface area contributed by atoms with E-state index in [0.29, 0.717) is 11.3 Å². The summed E-state index contributed by atoms with van der Waals surface area (Å²) in [5, 5.41) is 6.56. The van der Waals surface area contributed by atoms with Crippen LogP contribution in [0.2, 0.25) is 0 Å². The van der Waals surface area contributed by atoms with Crippen LogP contribution in [0.1, 0.15) is 16.8 Å². The molecular weight excluding hydrogens is 298 g/mol. The molecule has 1 aromatic carbocycles. The molecule has 108 valence electrons. The summed E-state index contributed by atoms with van der Waals surface area (Å²) in [4.78, 5) is 0. The lowest BCUT2D eigenvalue weighted by Gasteiger charge is -2.16. The third-order valence-corrected chi connectivity index (χ3v) is 5.12. The van der Waals surface area contributed by atoms with Crippen LogP contribution < -0.4 is 0 Å². The van der Waals surface area contributed by atoms with Crippen LogP contribution >= 0.6 is 11.6 Å². The van der Waals surface area contributed by atoms with E-state index in [-0.39, 0.29) is 17.5 Å². The van der Waals surface area contributed by atoms with Crippen molar-refractivity contribution in [2.75, 3.05) is 7.05 Å². The molecule has 7 heteroatoms. The predicted molar refractivity (Wildman–Crippen MR) is 78.0 cm³/mol. The lowest BCUT2D eigenvalue weighted by molar-refractivity contribution is 0.463. The molecule has 1 N–H and O–H groups in total. The van der Waals surface area contributed by atoms with E-state index in [9.17, 15) is 8.42 Å². The highest BCUT2D eigenvalue weighted by Crippen LogP contribution is 2.22. The van der Waals surface area contributed by atoms with Gasteiger partial charge in [0.15, 0.2) is 5.03 Å². The Labute approximate surface area is 123 Å². The maximum Gasteiger partial charge on any atom is 0.262 e. The van der Waals surface area contributed by atoms with Crippen LogP contribution in [0.3, 0.4) is 0 Å². The number of nitrogens with one attached hydrogen (secondary N) is 1. The average Bonchev–Trinajstić information content (AvgIpc) is 2.81. The van der Waals surface area contributed by atoms with Crippen molar-refractivity contribution in [1.82, 2.24) is 14.5 Å². The zero-order valence-electron chi connectivity index (χ0n) is 11.3. The van der Waals surface area contributed by atoms with Gasteiger partial charge in [-0.3, -0.25) is 5.10 Å². The second kappa shape index (κ2) is 5.95. The Balaban J connectivity index is 2.30. The fourth-order valence-corrected chi connectivity index (χ4v) is 3.59. The van der Waals surface area contributed by atoms with Crippen LogP contribution in [0.5, 0.6) is 0 Å². The Morgan fingerprint density at radius 1 is 1.30 bits per heavy atom. The number of aromatic nitrogens is 2.